The molecule has 0 radical (unpaired) electrons. The minimum Gasteiger partial charge on any atom is -0.294 e. The van der Waals surface area contributed by atoms with Gasteiger partial charge in [0.15, 0.2) is 3.95 Å². The van der Waals surface area contributed by atoms with Gasteiger partial charge in [-0.3, -0.25) is 4.57 Å². The number of aryl methyl sites for hydroxylation is 1. The number of hydrogen-bond acceptors (Lipinski definition) is 2. The second-order valence-electron chi connectivity index (χ2n) is 3.30. The van der Waals surface area contributed by atoms with Crippen LogP contribution >= 0.6 is 35.2 Å². The molecule has 0 fully saturated rings. The molecule has 0 aliphatic rings. The van der Waals surface area contributed by atoms with Crippen LogP contribution in [0.4, 0.5) is 0 Å². The van der Waals surface area contributed by atoms with Gasteiger partial charge >= 0.3 is 0 Å². The second kappa shape index (κ2) is 4.08. The fraction of sp³-hybridized carbons (Fsp3) is 0.182. The van der Waals surface area contributed by atoms with E-state index in [0.717, 1.165) is 20.4 Å². The molecular formula is C11H10ClNS2. The molecule has 0 unspecified atom stereocenters. The highest BCUT2D eigenvalue weighted by molar-refractivity contribution is 7.73. The first-order chi connectivity index (χ1) is 7.11. The highest BCUT2D eigenvalue weighted by Gasteiger charge is 2.09. The van der Waals surface area contributed by atoms with Gasteiger partial charge in [0.05, 0.1) is 10.7 Å². The Labute approximate surface area is 103 Å². The maximum Gasteiger partial charge on any atom is 0.166 e. The molecule has 0 bridgehead atoms. The zero-order valence-corrected chi connectivity index (χ0v) is 10.8. The van der Waals surface area contributed by atoms with Crippen molar-refractivity contribution >= 4 is 35.2 Å². The number of benzene rings is 1. The SMILES string of the molecule is Cc1sc(=S)n(-c2ccccc2Cl)c1C. The topological polar surface area (TPSA) is 4.93 Å². The lowest BCUT2D eigenvalue weighted by molar-refractivity contribution is 0.995. The van der Waals surface area contributed by atoms with Gasteiger partial charge in [-0.05, 0) is 38.2 Å². The van der Waals surface area contributed by atoms with Crippen LogP contribution in [-0.2, 0) is 0 Å². The van der Waals surface area contributed by atoms with Crippen molar-refractivity contribution in [3.63, 3.8) is 0 Å². The van der Waals surface area contributed by atoms with Crippen LogP contribution in [0.3, 0.4) is 0 Å². The molecule has 2 aromatic rings. The van der Waals surface area contributed by atoms with Crippen molar-refractivity contribution in [2.75, 3.05) is 0 Å². The standard InChI is InChI=1S/C11H10ClNS2/c1-7-8(2)15-11(14)13(7)10-6-4-3-5-9(10)12/h3-6H,1-2H3. The number of aromatic nitrogens is 1. The summed E-state index contributed by atoms with van der Waals surface area (Å²) in [7, 11) is 0. The zero-order valence-electron chi connectivity index (χ0n) is 8.45. The summed E-state index contributed by atoms with van der Waals surface area (Å²) >= 11 is 13.1. The quantitative estimate of drug-likeness (QED) is 0.678. The fourth-order valence-electron chi connectivity index (χ4n) is 1.46. The van der Waals surface area contributed by atoms with E-state index in [1.807, 2.05) is 28.8 Å². The third-order valence-electron chi connectivity index (χ3n) is 2.36. The van der Waals surface area contributed by atoms with Crippen LogP contribution in [0.5, 0.6) is 0 Å². The summed E-state index contributed by atoms with van der Waals surface area (Å²) in [6.45, 7) is 4.13. The molecule has 2 rings (SSSR count). The van der Waals surface area contributed by atoms with Crippen LogP contribution in [0.15, 0.2) is 24.3 Å². The highest BCUT2D eigenvalue weighted by atomic mass is 35.5. The third kappa shape index (κ3) is 1.87. The fourth-order valence-corrected chi connectivity index (χ4v) is 3.11. The molecule has 0 saturated heterocycles. The van der Waals surface area contributed by atoms with E-state index in [0.29, 0.717) is 0 Å². The molecule has 1 heterocycles. The van der Waals surface area contributed by atoms with Crippen molar-refractivity contribution in [2.45, 2.75) is 13.8 Å². The van der Waals surface area contributed by atoms with Gasteiger partial charge in [-0.15, -0.1) is 11.3 Å². The summed E-state index contributed by atoms with van der Waals surface area (Å²) in [6.07, 6.45) is 0. The minimum absolute atomic E-state index is 0.731. The molecule has 0 saturated carbocycles. The van der Waals surface area contributed by atoms with Crippen molar-refractivity contribution < 1.29 is 0 Å². The Kier molecular flexibility index (Phi) is 2.96. The monoisotopic (exact) mass is 255 g/mol. The molecule has 1 aromatic carbocycles. The van der Waals surface area contributed by atoms with E-state index >= 15 is 0 Å². The van der Waals surface area contributed by atoms with Crippen molar-refractivity contribution in [2.24, 2.45) is 0 Å². The summed E-state index contributed by atoms with van der Waals surface area (Å²) in [5.74, 6) is 0. The maximum atomic E-state index is 6.15. The van der Waals surface area contributed by atoms with Gasteiger partial charge in [-0.1, -0.05) is 23.7 Å². The largest absolute Gasteiger partial charge is 0.294 e. The smallest absolute Gasteiger partial charge is 0.166 e. The lowest BCUT2D eigenvalue weighted by atomic mass is 10.3. The van der Waals surface area contributed by atoms with Crippen LogP contribution in [-0.4, -0.2) is 4.57 Å². The number of para-hydroxylation sites is 1. The molecule has 0 N–H and O–H groups in total. The number of nitrogens with zero attached hydrogens (tertiary/aromatic N) is 1. The normalized spacial score (nSPS) is 10.6. The van der Waals surface area contributed by atoms with E-state index in [2.05, 4.69) is 13.8 Å². The molecular weight excluding hydrogens is 246 g/mol. The number of halogens is 1. The Balaban J connectivity index is 2.75. The van der Waals surface area contributed by atoms with E-state index in [-0.39, 0.29) is 0 Å². The average Bonchev–Trinajstić information content (AvgIpc) is 2.43. The van der Waals surface area contributed by atoms with Gasteiger partial charge in [-0.25, -0.2) is 0 Å². The first kappa shape index (κ1) is 10.9. The van der Waals surface area contributed by atoms with Crippen molar-refractivity contribution in [1.29, 1.82) is 0 Å². The first-order valence-electron chi connectivity index (χ1n) is 4.55. The minimum atomic E-state index is 0.731. The number of thiazole rings is 1. The van der Waals surface area contributed by atoms with Gasteiger partial charge in [-0.2, -0.15) is 0 Å². The Bertz CT molecular complexity index is 554. The van der Waals surface area contributed by atoms with Gasteiger partial charge < -0.3 is 0 Å². The van der Waals surface area contributed by atoms with Gasteiger partial charge in [0, 0.05) is 10.6 Å². The predicted octanol–water partition coefficient (Wildman–Crippen LogP) is 4.54. The summed E-state index contributed by atoms with van der Waals surface area (Å²) in [4.78, 5) is 1.24. The van der Waals surface area contributed by atoms with Crippen LogP contribution in [0.1, 0.15) is 10.6 Å². The molecule has 15 heavy (non-hydrogen) atoms. The lowest BCUT2D eigenvalue weighted by Gasteiger charge is -2.07. The van der Waals surface area contributed by atoms with E-state index in [1.165, 1.54) is 4.88 Å². The predicted molar refractivity (Wildman–Crippen MR) is 69.0 cm³/mol. The van der Waals surface area contributed by atoms with Crippen molar-refractivity contribution in [3.05, 3.63) is 43.8 Å². The molecule has 0 aliphatic carbocycles. The highest BCUT2D eigenvalue weighted by Crippen LogP contribution is 2.26. The van der Waals surface area contributed by atoms with Crippen molar-refractivity contribution in [1.82, 2.24) is 4.57 Å². The van der Waals surface area contributed by atoms with E-state index in [9.17, 15) is 0 Å². The van der Waals surface area contributed by atoms with Crippen LogP contribution < -0.4 is 0 Å². The van der Waals surface area contributed by atoms with Crippen molar-refractivity contribution in [3.8, 4) is 5.69 Å². The number of hydrogen-bond donors (Lipinski definition) is 0. The van der Waals surface area contributed by atoms with Gasteiger partial charge in [0.25, 0.3) is 0 Å². The molecule has 1 aromatic heterocycles. The zero-order chi connectivity index (χ0) is 11.0. The number of rotatable bonds is 1. The van der Waals surface area contributed by atoms with Crippen LogP contribution in [0.25, 0.3) is 5.69 Å². The third-order valence-corrected chi connectivity index (χ3v) is 4.07. The Hall–Kier alpha value is -0.640. The average molecular weight is 256 g/mol. The van der Waals surface area contributed by atoms with E-state index < -0.39 is 0 Å². The Morgan fingerprint density at radius 3 is 2.47 bits per heavy atom. The maximum absolute atomic E-state index is 6.15. The van der Waals surface area contributed by atoms with Gasteiger partial charge in [0.2, 0.25) is 0 Å². The summed E-state index contributed by atoms with van der Waals surface area (Å²) < 4.78 is 2.87. The summed E-state index contributed by atoms with van der Waals surface area (Å²) in [5.41, 5.74) is 2.13. The molecule has 0 atom stereocenters. The first-order valence-corrected chi connectivity index (χ1v) is 6.15. The van der Waals surface area contributed by atoms with E-state index in [1.54, 1.807) is 11.3 Å². The molecule has 0 amide bonds. The molecule has 4 heteroatoms. The van der Waals surface area contributed by atoms with Gasteiger partial charge in [0.1, 0.15) is 0 Å². The molecule has 1 nitrogen and oxygen atoms in total. The Morgan fingerprint density at radius 2 is 1.93 bits per heavy atom. The molecule has 78 valence electrons. The van der Waals surface area contributed by atoms with Crippen LogP contribution in [0.2, 0.25) is 5.02 Å². The molecule has 0 aliphatic heterocycles. The Morgan fingerprint density at radius 1 is 1.27 bits per heavy atom. The van der Waals surface area contributed by atoms with Crippen LogP contribution in [0, 0.1) is 17.8 Å². The molecule has 0 spiro atoms. The van der Waals surface area contributed by atoms with E-state index in [4.69, 9.17) is 23.8 Å². The summed E-state index contributed by atoms with van der Waals surface area (Å²) in [6, 6.07) is 7.75. The second-order valence-corrected chi connectivity index (χ2v) is 5.55. The lowest BCUT2D eigenvalue weighted by Crippen LogP contribution is -1.97. The summed E-state index contributed by atoms with van der Waals surface area (Å²) in [5, 5.41) is 0.731.